The number of benzene rings is 2. The predicted molar refractivity (Wildman–Crippen MR) is 69.7 cm³/mol. The summed E-state index contributed by atoms with van der Waals surface area (Å²) in [5.74, 6) is 1.48. The van der Waals surface area contributed by atoms with Gasteiger partial charge in [0.15, 0.2) is 0 Å². The Labute approximate surface area is 109 Å². The van der Waals surface area contributed by atoms with E-state index in [9.17, 15) is 0 Å². The first-order valence-corrected chi connectivity index (χ1v) is 5.83. The van der Waals surface area contributed by atoms with E-state index >= 15 is 0 Å². The molecule has 2 aromatic rings. The maximum atomic E-state index is 8.58. The molecule has 2 nitrogen and oxygen atoms in total. The van der Waals surface area contributed by atoms with E-state index < -0.39 is 0 Å². The van der Waals surface area contributed by atoms with Crippen LogP contribution in [0.3, 0.4) is 0 Å². The van der Waals surface area contributed by atoms with Crippen LogP contribution >= 0.6 is 15.9 Å². The van der Waals surface area contributed by atoms with Gasteiger partial charge in [-0.05, 0) is 42.0 Å². The van der Waals surface area contributed by atoms with Gasteiger partial charge in [0.1, 0.15) is 11.5 Å². The number of ether oxygens (including phenoxy) is 1. The van der Waals surface area contributed by atoms with Gasteiger partial charge < -0.3 is 4.74 Å². The van der Waals surface area contributed by atoms with Crippen LogP contribution in [0.15, 0.2) is 53.0 Å². The molecule has 0 aromatic heterocycles. The van der Waals surface area contributed by atoms with Crippen molar-refractivity contribution in [2.75, 3.05) is 0 Å². The molecule has 0 saturated carbocycles. The minimum atomic E-state index is 0.719. The Bertz CT molecular complexity index is 543. The fourth-order valence-electron chi connectivity index (χ4n) is 1.38. The lowest BCUT2D eigenvalue weighted by Gasteiger charge is -2.06. The summed E-state index contributed by atoms with van der Waals surface area (Å²) in [5, 5.41) is 8.58. The third-order valence-corrected chi connectivity index (χ3v) is 2.67. The Balaban J connectivity index is 2.16. The number of halogens is 1. The highest BCUT2D eigenvalue weighted by Gasteiger charge is 1.99. The topological polar surface area (TPSA) is 33.0 Å². The van der Waals surface area contributed by atoms with Gasteiger partial charge in [0, 0.05) is 4.47 Å². The van der Waals surface area contributed by atoms with Crippen molar-refractivity contribution in [3.05, 3.63) is 65.0 Å². The fraction of sp³-hybridized carbons (Fsp3) is 0. The van der Waals surface area contributed by atoms with Crippen LogP contribution in [0.4, 0.5) is 0 Å². The normalized spacial score (nSPS) is 9.65. The molecule has 0 unspecified atom stereocenters. The molecule has 0 fully saturated rings. The van der Waals surface area contributed by atoms with E-state index in [1.54, 1.807) is 0 Å². The van der Waals surface area contributed by atoms with E-state index in [-0.39, 0.29) is 0 Å². The summed E-state index contributed by atoms with van der Waals surface area (Å²) in [6.07, 6.45) is 1.48. The smallest absolute Gasteiger partial charge is 0.127 e. The lowest BCUT2D eigenvalue weighted by molar-refractivity contribution is 0.482. The third-order valence-electron chi connectivity index (χ3n) is 2.14. The van der Waals surface area contributed by atoms with E-state index in [0.29, 0.717) is 0 Å². The van der Waals surface area contributed by atoms with E-state index in [1.807, 2.05) is 54.6 Å². The molecule has 0 bridgehead atoms. The lowest BCUT2D eigenvalue weighted by atomic mass is 10.1. The molecule has 1 radical (unpaired) electrons. The number of hydrogen-bond acceptors (Lipinski definition) is 2. The minimum absolute atomic E-state index is 0.719. The van der Waals surface area contributed by atoms with Crippen LogP contribution in [0.25, 0.3) is 0 Å². The SMILES string of the molecule is N#C[CH]c1cccc(Oc2ccc(Br)cc2)c1. The Morgan fingerprint density at radius 3 is 2.53 bits per heavy atom. The first-order chi connectivity index (χ1) is 8.28. The van der Waals surface area contributed by atoms with Gasteiger partial charge in [-0.15, -0.1) is 0 Å². The summed E-state index contributed by atoms with van der Waals surface area (Å²) >= 11 is 3.37. The molecular weight excluding hydrogens is 278 g/mol. The van der Waals surface area contributed by atoms with Gasteiger partial charge in [0.05, 0.1) is 12.5 Å². The van der Waals surface area contributed by atoms with Crippen molar-refractivity contribution in [1.29, 1.82) is 5.26 Å². The summed E-state index contributed by atoms with van der Waals surface area (Å²) in [5.41, 5.74) is 0.835. The molecule has 83 valence electrons. The van der Waals surface area contributed by atoms with Gasteiger partial charge in [0.25, 0.3) is 0 Å². The molecule has 2 aromatic carbocycles. The fourth-order valence-corrected chi connectivity index (χ4v) is 1.65. The van der Waals surface area contributed by atoms with Gasteiger partial charge in [-0.3, -0.25) is 0 Å². The first-order valence-electron chi connectivity index (χ1n) is 5.04. The molecule has 0 aliphatic carbocycles. The second-order valence-corrected chi connectivity index (χ2v) is 4.32. The van der Waals surface area contributed by atoms with Crippen molar-refractivity contribution >= 4 is 15.9 Å². The van der Waals surface area contributed by atoms with Gasteiger partial charge in [0.2, 0.25) is 0 Å². The van der Waals surface area contributed by atoms with Crippen LogP contribution in [-0.2, 0) is 0 Å². The molecule has 2 rings (SSSR count). The van der Waals surface area contributed by atoms with Crippen LogP contribution < -0.4 is 4.74 Å². The summed E-state index contributed by atoms with van der Waals surface area (Å²) in [6.45, 7) is 0. The van der Waals surface area contributed by atoms with Gasteiger partial charge in [-0.1, -0.05) is 28.1 Å². The van der Waals surface area contributed by atoms with Crippen LogP contribution in [0.2, 0.25) is 0 Å². The average Bonchev–Trinajstić information content (AvgIpc) is 2.33. The summed E-state index contributed by atoms with van der Waals surface area (Å²) in [4.78, 5) is 0. The lowest BCUT2D eigenvalue weighted by Crippen LogP contribution is -1.85. The summed E-state index contributed by atoms with van der Waals surface area (Å²) in [6, 6.07) is 17.0. The van der Waals surface area contributed by atoms with E-state index in [4.69, 9.17) is 10.00 Å². The van der Waals surface area contributed by atoms with Crippen LogP contribution in [0.5, 0.6) is 11.5 Å². The van der Waals surface area contributed by atoms with Crippen molar-refractivity contribution in [2.45, 2.75) is 0 Å². The molecular formula is C14H9BrNO. The standard InChI is InChI=1S/C14H9BrNO/c15-12-4-6-13(7-5-12)17-14-3-1-2-11(10-14)8-9-16/h1-8,10H. The third kappa shape index (κ3) is 3.33. The second-order valence-electron chi connectivity index (χ2n) is 3.40. The van der Waals surface area contributed by atoms with Gasteiger partial charge >= 0.3 is 0 Å². The minimum Gasteiger partial charge on any atom is -0.457 e. The highest BCUT2D eigenvalue weighted by Crippen LogP contribution is 2.24. The zero-order valence-corrected chi connectivity index (χ0v) is 10.5. The highest BCUT2D eigenvalue weighted by molar-refractivity contribution is 9.10. The number of rotatable bonds is 3. The van der Waals surface area contributed by atoms with E-state index in [1.165, 1.54) is 6.42 Å². The molecule has 17 heavy (non-hydrogen) atoms. The number of hydrogen-bond donors (Lipinski definition) is 0. The number of nitriles is 1. The Morgan fingerprint density at radius 1 is 1.06 bits per heavy atom. The molecule has 0 heterocycles. The maximum absolute atomic E-state index is 8.58. The van der Waals surface area contributed by atoms with Gasteiger partial charge in [-0.25, -0.2) is 0 Å². The molecule has 3 heteroatoms. The van der Waals surface area contributed by atoms with Crippen molar-refractivity contribution in [3.8, 4) is 17.6 Å². The molecule has 0 spiro atoms. The predicted octanol–water partition coefficient (Wildman–Crippen LogP) is 4.32. The molecule has 0 aliphatic heterocycles. The van der Waals surface area contributed by atoms with Crippen molar-refractivity contribution in [3.63, 3.8) is 0 Å². The van der Waals surface area contributed by atoms with Crippen molar-refractivity contribution in [1.82, 2.24) is 0 Å². The molecule has 0 N–H and O–H groups in total. The number of nitrogens with zero attached hydrogens (tertiary/aromatic N) is 1. The second kappa shape index (κ2) is 5.51. The maximum Gasteiger partial charge on any atom is 0.127 e. The van der Waals surface area contributed by atoms with Gasteiger partial charge in [-0.2, -0.15) is 5.26 Å². The zero-order chi connectivity index (χ0) is 12.1. The van der Waals surface area contributed by atoms with E-state index in [0.717, 1.165) is 21.5 Å². The molecule has 0 saturated heterocycles. The highest BCUT2D eigenvalue weighted by atomic mass is 79.9. The van der Waals surface area contributed by atoms with Crippen LogP contribution in [-0.4, -0.2) is 0 Å². The van der Waals surface area contributed by atoms with Crippen LogP contribution in [0.1, 0.15) is 5.56 Å². The Kier molecular flexibility index (Phi) is 3.79. The first kappa shape index (κ1) is 11.7. The summed E-state index contributed by atoms with van der Waals surface area (Å²) < 4.78 is 6.68. The monoisotopic (exact) mass is 286 g/mol. The average molecular weight is 287 g/mol. The zero-order valence-electron chi connectivity index (χ0n) is 8.93. The quantitative estimate of drug-likeness (QED) is 0.842. The van der Waals surface area contributed by atoms with E-state index in [2.05, 4.69) is 15.9 Å². The van der Waals surface area contributed by atoms with Crippen molar-refractivity contribution < 1.29 is 4.74 Å². The Hall–Kier alpha value is -1.79. The Morgan fingerprint density at radius 2 is 1.82 bits per heavy atom. The molecule has 0 amide bonds. The van der Waals surface area contributed by atoms with Crippen molar-refractivity contribution in [2.24, 2.45) is 0 Å². The van der Waals surface area contributed by atoms with Crippen LogP contribution in [0, 0.1) is 17.8 Å². The summed E-state index contributed by atoms with van der Waals surface area (Å²) in [7, 11) is 0. The molecule has 0 atom stereocenters. The molecule has 0 aliphatic rings. The largest absolute Gasteiger partial charge is 0.457 e.